The Morgan fingerprint density at radius 1 is 0.688 bits per heavy atom. The van der Waals surface area contributed by atoms with Gasteiger partial charge in [0, 0.05) is 0 Å². The third kappa shape index (κ3) is 10.5. The van der Waals surface area contributed by atoms with E-state index in [1.165, 1.54) is 38.9 Å². The van der Waals surface area contributed by atoms with Gasteiger partial charge in [-0.3, -0.25) is 0 Å². The van der Waals surface area contributed by atoms with E-state index in [4.69, 9.17) is 0 Å². The molecule has 0 heterocycles. The first-order valence-corrected chi connectivity index (χ1v) is 6.86. The second-order valence-electron chi connectivity index (χ2n) is 7.46. The van der Waals surface area contributed by atoms with Gasteiger partial charge < -0.3 is 4.90 Å². The van der Waals surface area contributed by atoms with Gasteiger partial charge in [0.15, 0.2) is 0 Å². The van der Waals surface area contributed by atoms with E-state index in [0.29, 0.717) is 10.8 Å². The van der Waals surface area contributed by atoms with E-state index in [1.54, 1.807) is 0 Å². The van der Waals surface area contributed by atoms with E-state index in [1.807, 2.05) is 0 Å². The van der Waals surface area contributed by atoms with Gasteiger partial charge in [-0.1, -0.05) is 48.5 Å². The quantitative estimate of drug-likeness (QED) is 0.642. The molecule has 98 valence electrons. The van der Waals surface area contributed by atoms with Crippen LogP contribution in [0.15, 0.2) is 0 Å². The van der Waals surface area contributed by atoms with Crippen LogP contribution in [0.25, 0.3) is 0 Å². The standard InChI is InChI=1S/C15H33N/c1-8-11-16(12-9-14(2,3)4)13-10-15(5,6)7/h8-13H2,1-7H3. The first kappa shape index (κ1) is 16.0. The summed E-state index contributed by atoms with van der Waals surface area (Å²) >= 11 is 0. The molecular formula is C15H33N. The molecule has 1 heteroatoms. The lowest BCUT2D eigenvalue weighted by molar-refractivity contribution is 0.199. The highest BCUT2D eigenvalue weighted by molar-refractivity contribution is 4.69. The largest absolute Gasteiger partial charge is 0.303 e. The van der Waals surface area contributed by atoms with Gasteiger partial charge >= 0.3 is 0 Å². The van der Waals surface area contributed by atoms with Crippen LogP contribution in [0.5, 0.6) is 0 Å². The normalized spacial score (nSPS) is 13.5. The second-order valence-corrected chi connectivity index (χ2v) is 7.46. The van der Waals surface area contributed by atoms with Crippen molar-refractivity contribution < 1.29 is 0 Å². The van der Waals surface area contributed by atoms with E-state index in [9.17, 15) is 0 Å². The summed E-state index contributed by atoms with van der Waals surface area (Å²) < 4.78 is 0. The Bertz CT molecular complexity index is 153. The van der Waals surface area contributed by atoms with Crippen molar-refractivity contribution in [3.63, 3.8) is 0 Å². The van der Waals surface area contributed by atoms with Crippen molar-refractivity contribution in [2.45, 2.75) is 67.7 Å². The zero-order valence-electron chi connectivity index (χ0n) is 12.7. The van der Waals surface area contributed by atoms with Crippen LogP contribution in [0.4, 0.5) is 0 Å². The smallest absolute Gasteiger partial charge is 0.00137 e. The Kier molecular flexibility index (Phi) is 6.62. The fourth-order valence-electron chi connectivity index (χ4n) is 1.64. The van der Waals surface area contributed by atoms with Gasteiger partial charge in [-0.05, 0) is 49.7 Å². The summed E-state index contributed by atoms with van der Waals surface area (Å²) in [6.07, 6.45) is 3.88. The highest BCUT2D eigenvalue weighted by atomic mass is 15.1. The minimum absolute atomic E-state index is 0.466. The molecule has 0 bridgehead atoms. The number of nitrogens with zero attached hydrogens (tertiary/aromatic N) is 1. The molecule has 0 fully saturated rings. The minimum atomic E-state index is 0.466. The molecule has 0 N–H and O–H groups in total. The van der Waals surface area contributed by atoms with Crippen LogP contribution < -0.4 is 0 Å². The molecule has 0 unspecified atom stereocenters. The van der Waals surface area contributed by atoms with Crippen LogP contribution in [0.3, 0.4) is 0 Å². The van der Waals surface area contributed by atoms with E-state index in [-0.39, 0.29) is 0 Å². The van der Waals surface area contributed by atoms with Gasteiger partial charge in [-0.25, -0.2) is 0 Å². The average molecular weight is 227 g/mol. The van der Waals surface area contributed by atoms with Crippen molar-refractivity contribution in [3.8, 4) is 0 Å². The van der Waals surface area contributed by atoms with Crippen LogP contribution in [0.2, 0.25) is 0 Å². The lowest BCUT2D eigenvalue weighted by atomic mass is 9.90. The van der Waals surface area contributed by atoms with Crippen LogP contribution in [-0.2, 0) is 0 Å². The zero-order chi connectivity index (χ0) is 12.8. The molecule has 0 rings (SSSR count). The van der Waals surface area contributed by atoms with Crippen molar-refractivity contribution in [2.75, 3.05) is 19.6 Å². The Morgan fingerprint density at radius 3 is 1.31 bits per heavy atom. The summed E-state index contributed by atoms with van der Waals surface area (Å²) in [7, 11) is 0. The molecular weight excluding hydrogens is 194 g/mol. The fraction of sp³-hybridized carbons (Fsp3) is 1.00. The SMILES string of the molecule is CCCN(CCC(C)(C)C)CCC(C)(C)C. The number of hydrogen-bond donors (Lipinski definition) is 0. The minimum Gasteiger partial charge on any atom is -0.303 e. The zero-order valence-corrected chi connectivity index (χ0v) is 12.7. The molecule has 16 heavy (non-hydrogen) atoms. The monoisotopic (exact) mass is 227 g/mol. The van der Waals surface area contributed by atoms with Crippen molar-refractivity contribution in [1.82, 2.24) is 4.90 Å². The second kappa shape index (κ2) is 6.64. The van der Waals surface area contributed by atoms with Crippen molar-refractivity contribution >= 4 is 0 Å². The number of rotatable bonds is 6. The van der Waals surface area contributed by atoms with E-state index in [2.05, 4.69) is 53.4 Å². The Morgan fingerprint density at radius 2 is 1.06 bits per heavy atom. The Hall–Kier alpha value is -0.0400. The molecule has 0 aliphatic rings. The van der Waals surface area contributed by atoms with Crippen molar-refractivity contribution in [2.24, 2.45) is 10.8 Å². The maximum atomic E-state index is 2.64. The first-order chi connectivity index (χ1) is 7.14. The molecule has 0 saturated heterocycles. The summed E-state index contributed by atoms with van der Waals surface area (Å²) in [6.45, 7) is 20.1. The third-order valence-corrected chi connectivity index (χ3v) is 2.90. The van der Waals surface area contributed by atoms with Gasteiger partial charge in [0.25, 0.3) is 0 Å². The summed E-state index contributed by atoms with van der Waals surface area (Å²) in [5.41, 5.74) is 0.932. The molecule has 0 aliphatic heterocycles. The fourth-order valence-corrected chi connectivity index (χ4v) is 1.64. The first-order valence-electron chi connectivity index (χ1n) is 6.86. The highest BCUT2D eigenvalue weighted by Crippen LogP contribution is 2.21. The van der Waals surface area contributed by atoms with Crippen LogP contribution in [-0.4, -0.2) is 24.5 Å². The predicted octanol–water partition coefficient (Wildman–Crippen LogP) is 4.57. The Balaban J connectivity index is 3.98. The van der Waals surface area contributed by atoms with Gasteiger partial charge in [0.1, 0.15) is 0 Å². The molecule has 0 aliphatic carbocycles. The van der Waals surface area contributed by atoms with Crippen LogP contribution in [0.1, 0.15) is 67.7 Å². The van der Waals surface area contributed by atoms with Gasteiger partial charge in [0.05, 0.1) is 0 Å². The summed E-state index contributed by atoms with van der Waals surface area (Å²) in [5.74, 6) is 0. The lowest BCUT2D eigenvalue weighted by Crippen LogP contribution is -2.31. The topological polar surface area (TPSA) is 3.24 Å². The maximum Gasteiger partial charge on any atom is -0.00137 e. The molecule has 0 aromatic rings. The van der Waals surface area contributed by atoms with Gasteiger partial charge in [-0.15, -0.1) is 0 Å². The van der Waals surface area contributed by atoms with Crippen molar-refractivity contribution in [1.29, 1.82) is 0 Å². The van der Waals surface area contributed by atoms with E-state index >= 15 is 0 Å². The van der Waals surface area contributed by atoms with E-state index < -0.39 is 0 Å². The van der Waals surface area contributed by atoms with Crippen molar-refractivity contribution in [3.05, 3.63) is 0 Å². The molecule has 0 aromatic heterocycles. The van der Waals surface area contributed by atoms with Crippen LogP contribution >= 0.6 is 0 Å². The van der Waals surface area contributed by atoms with Crippen LogP contribution in [0, 0.1) is 10.8 Å². The highest BCUT2D eigenvalue weighted by Gasteiger charge is 2.15. The Labute approximate surface area is 104 Å². The number of hydrogen-bond acceptors (Lipinski definition) is 1. The molecule has 0 aromatic carbocycles. The molecule has 0 amide bonds. The molecule has 0 spiro atoms. The molecule has 0 saturated carbocycles. The van der Waals surface area contributed by atoms with E-state index in [0.717, 1.165) is 0 Å². The molecule has 0 radical (unpaired) electrons. The van der Waals surface area contributed by atoms with Gasteiger partial charge in [-0.2, -0.15) is 0 Å². The molecule has 0 atom stereocenters. The summed E-state index contributed by atoms with van der Waals surface area (Å²) in [4.78, 5) is 2.64. The van der Waals surface area contributed by atoms with Gasteiger partial charge in [0.2, 0.25) is 0 Å². The average Bonchev–Trinajstić information content (AvgIpc) is 2.07. The molecule has 1 nitrogen and oxygen atoms in total. The summed E-state index contributed by atoms with van der Waals surface area (Å²) in [6, 6.07) is 0. The maximum absolute atomic E-state index is 2.64. The lowest BCUT2D eigenvalue weighted by Gasteiger charge is -2.29. The third-order valence-electron chi connectivity index (χ3n) is 2.90. The summed E-state index contributed by atoms with van der Waals surface area (Å²) in [5, 5.41) is 0. The predicted molar refractivity (Wildman–Crippen MR) is 74.9 cm³/mol.